The molecule has 0 fully saturated rings. The maximum atomic E-state index is 11.7. The van der Waals surface area contributed by atoms with Crippen LogP contribution in [0, 0.1) is 0 Å². The number of amides is 1. The minimum Gasteiger partial charge on any atom is -0.444 e. The molecule has 1 rings (SSSR count). The molecule has 0 spiro atoms. The minimum absolute atomic E-state index is 0.314. The summed E-state index contributed by atoms with van der Waals surface area (Å²) in [5, 5.41) is 22.2. The van der Waals surface area contributed by atoms with Crippen LogP contribution in [0.4, 0.5) is 4.79 Å². The second-order valence-electron chi connectivity index (χ2n) is 5.87. The zero-order chi connectivity index (χ0) is 16.8. The first-order chi connectivity index (χ1) is 10.2. The Morgan fingerprint density at radius 2 is 2.09 bits per heavy atom. The van der Waals surface area contributed by atoms with Crippen molar-refractivity contribution < 1.29 is 24.3 Å². The Morgan fingerprint density at radius 1 is 1.41 bits per heavy atom. The van der Waals surface area contributed by atoms with Gasteiger partial charge in [-0.1, -0.05) is 0 Å². The van der Waals surface area contributed by atoms with Crippen molar-refractivity contribution in [1.29, 1.82) is 0 Å². The van der Waals surface area contributed by atoms with E-state index >= 15 is 0 Å². The van der Waals surface area contributed by atoms with Crippen LogP contribution in [0.25, 0.3) is 0 Å². The third-order valence-electron chi connectivity index (χ3n) is 2.74. The van der Waals surface area contributed by atoms with E-state index in [1.54, 1.807) is 7.05 Å². The van der Waals surface area contributed by atoms with Gasteiger partial charge in [0.05, 0.1) is 25.4 Å². The summed E-state index contributed by atoms with van der Waals surface area (Å²) in [4.78, 5) is 13.2. The Hall–Kier alpha value is -1.58. The van der Waals surface area contributed by atoms with Gasteiger partial charge in [0.25, 0.3) is 0 Å². The van der Waals surface area contributed by atoms with Crippen molar-refractivity contribution in [1.82, 2.24) is 14.7 Å². The maximum Gasteiger partial charge on any atom is 0.507 e. The molecule has 0 saturated heterocycles. The first kappa shape index (κ1) is 18.5. The first-order valence-electron chi connectivity index (χ1n) is 7.10. The summed E-state index contributed by atoms with van der Waals surface area (Å²) in [5.41, 5.74) is -0.206. The van der Waals surface area contributed by atoms with Crippen molar-refractivity contribution >= 4 is 18.8 Å². The number of hydrogen-bond acceptors (Lipinski definition) is 6. The SMILES string of the molecule is CN(CCOCCn1nccc1B(O)O)C(=O)OC(C)(C)C. The zero-order valence-corrected chi connectivity index (χ0v) is 13.5. The topological polar surface area (TPSA) is 97.0 Å². The van der Waals surface area contributed by atoms with E-state index in [0.717, 1.165) is 0 Å². The lowest BCUT2D eigenvalue weighted by molar-refractivity contribution is 0.0227. The summed E-state index contributed by atoms with van der Waals surface area (Å²) in [6, 6.07) is 1.53. The van der Waals surface area contributed by atoms with Gasteiger partial charge in [0.1, 0.15) is 5.60 Å². The Bertz CT molecular complexity index is 472. The smallest absolute Gasteiger partial charge is 0.444 e. The molecule has 0 radical (unpaired) electrons. The fourth-order valence-electron chi connectivity index (χ4n) is 1.63. The molecule has 1 aromatic heterocycles. The van der Waals surface area contributed by atoms with Gasteiger partial charge in [-0.2, -0.15) is 5.10 Å². The lowest BCUT2D eigenvalue weighted by Gasteiger charge is -2.24. The average Bonchev–Trinajstić information content (AvgIpc) is 2.84. The summed E-state index contributed by atoms with van der Waals surface area (Å²) in [6.45, 7) is 6.95. The van der Waals surface area contributed by atoms with Gasteiger partial charge in [-0.25, -0.2) is 4.79 Å². The molecule has 1 aromatic rings. The molecule has 0 aliphatic rings. The van der Waals surface area contributed by atoms with Crippen LogP contribution in [0.3, 0.4) is 0 Å². The van der Waals surface area contributed by atoms with Crippen molar-refractivity contribution in [2.45, 2.75) is 32.9 Å². The zero-order valence-electron chi connectivity index (χ0n) is 13.5. The van der Waals surface area contributed by atoms with Crippen molar-refractivity contribution in [2.24, 2.45) is 0 Å². The standard InChI is InChI=1S/C13H24BN3O5/c1-13(2,3)22-12(18)16(4)7-9-21-10-8-17-11(14(19)20)5-6-15-17/h5-6,19-20H,7-10H2,1-4H3. The maximum absolute atomic E-state index is 11.7. The Morgan fingerprint density at radius 3 is 2.68 bits per heavy atom. The summed E-state index contributed by atoms with van der Waals surface area (Å²) < 4.78 is 12.1. The number of aromatic nitrogens is 2. The number of carbonyl (C=O) groups is 1. The molecule has 124 valence electrons. The van der Waals surface area contributed by atoms with Gasteiger partial charge in [-0.15, -0.1) is 0 Å². The molecular weight excluding hydrogens is 289 g/mol. The molecule has 0 bridgehead atoms. The van der Waals surface area contributed by atoms with E-state index in [0.29, 0.717) is 31.9 Å². The van der Waals surface area contributed by atoms with Crippen LogP contribution in [0.15, 0.2) is 12.3 Å². The highest BCUT2D eigenvalue weighted by atomic mass is 16.6. The van der Waals surface area contributed by atoms with E-state index in [9.17, 15) is 4.79 Å². The molecule has 2 N–H and O–H groups in total. The first-order valence-corrected chi connectivity index (χ1v) is 7.10. The highest BCUT2D eigenvalue weighted by Crippen LogP contribution is 2.08. The van der Waals surface area contributed by atoms with Gasteiger partial charge in [0.15, 0.2) is 0 Å². The van der Waals surface area contributed by atoms with Crippen molar-refractivity contribution in [2.75, 3.05) is 26.8 Å². The molecule has 1 heterocycles. The quantitative estimate of drug-likeness (QED) is 0.518. The molecule has 0 aliphatic carbocycles. The Balaban J connectivity index is 2.22. The van der Waals surface area contributed by atoms with Gasteiger partial charge >= 0.3 is 13.2 Å². The molecule has 1 amide bonds. The Labute approximate surface area is 130 Å². The predicted molar refractivity (Wildman–Crippen MR) is 81.7 cm³/mol. The monoisotopic (exact) mass is 313 g/mol. The van der Waals surface area contributed by atoms with Crippen LogP contribution in [0.2, 0.25) is 0 Å². The van der Waals surface area contributed by atoms with E-state index < -0.39 is 18.8 Å². The summed E-state index contributed by atoms with van der Waals surface area (Å²) in [5.74, 6) is 0. The molecule has 0 saturated carbocycles. The van der Waals surface area contributed by atoms with Crippen LogP contribution >= 0.6 is 0 Å². The summed E-state index contributed by atoms with van der Waals surface area (Å²) in [6.07, 6.45) is 1.10. The fraction of sp³-hybridized carbons (Fsp3) is 0.692. The van der Waals surface area contributed by atoms with E-state index in [4.69, 9.17) is 19.5 Å². The predicted octanol–water partition coefficient (Wildman–Crippen LogP) is -0.554. The summed E-state index contributed by atoms with van der Waals surface area (Å²) in [7, 11) is 0.0892. The van der Waals surface area contributed by atoms with E-state index in [-0.39, 0.29) is 0 Å². The highest BCUT2D eigenvalue weighted by molar-refractivity contribution is 6.57. The van der Waals surface area contributed by atoms with E-state index in [2.05, 4.69) is 5.10 Å². The summed E-state index contributed by atoms with van der Waals surface area (Å²) >= 11 is 0. The van der Waals surface area contributed by atoms with E-state index in [1.165, 1.54) is 21.8 Å². The highest BCUT2D eigenvalue weighted by Gasteiger charge is 2.19. The van der Waals surface area contributed by atoms with E-state index in [1.807, 2.05) is 20.8 Å². The molecule has 22 heavy (non-hydrogen) atoms. The normalized spacial score (nSPS) is 11.4. The molecule has 0 aromatic carbocycles. The third kappa shape index (κ3) is 6.46. The molecular formula is C13H24BN3O5. The second kappa shape index (κ2) is 8.16. The van der Waals surface area contributed by atoms with Crippen LogP contribution in [0.1, 0.15) is 20.8 Å². The second-order valence-corrected chi connectivity index (χ2v) is 5.87. The number of likely N-dealkylation sites (N-methyl/N-ethyl adjacent to an activating group) is 1. The largest absolute Gasteiger partial charge is 0.507 e. The molecule has 8 nitrogen and oxygen atoms in total. The minimum atomic E-state index is -1.55. The van der Waals surface area contributed by atoms with Crippen LogP contribution in [0.5, 0.6) is 0 Å². The number of ether oxygens (including phenoxy) is 2. The lowest BCUT2D eigenvalue weighted by Crippen LogP contribution is -2.38. The van der Waals surface area contributed by atoms with Gasteiger partial charge < -0.3 is 24.4 Å². The lowest BCUT2D eigenvalue weighted by atomic mass is 9.86. The number of nitrogens with zero attached hydrogens (tertiary/aromatic N) is 3. The van der Waals surface area contributed by atoms with Gasteiger partial charge in [0.2, 0.25) is 0 Å². The number of hydrogen-bond donors (Lipinski definition) is 2. The van der Waals surface area contributed by atoms with Crippen LogP contribution < -0.4 is 5.59 Å². The fourth-order valence-corrected chi connectivity index (χ4v) is 1.63. The van der Waals surface area contributed by atoms with Gasteiger partial charge in [0, 0.05) is 19.8 Å². The van der Waals surface area contributed by atoms with Crippen LogP contribution in [-0.4, -0.2) is 70.3 Å². The number of rotatable bonds is 7. The number of carbonyl (C=O) groups excluding carboxylic acids is 1. The van der Waals surface area contributed by atoms with Crippen molar-refractivity contribution in [3.05, 3.63) is 12.3 Å². The van der Waals surface area contributed by atoms with Crippen LogP contribution in [-0.2, 0) is 16.0 Å². The average molecular weight is 313 g/mol. The molecule has 9 heteroatoms. The van der Waals surface area contributed by atoms with Gasteiger partial charge in [-0.3, -0.25) is 4.68 Å². The Kier molecular flexibility index (Phi) is 6.85. The van der Waals surface area contributed by atoms with Crippen molar-refractivity contribution in [3.8, 4) is 0 Å². The third-order valence-corrected chi connectivity index (χ3v) is 2.74. The molecule has 0 atom stereocenters. The van der Waals surface area contributed by atoms with Gasteiger partial charge in [-0.05, 0) is 26.8 Å². The van der Waals surface area contributed by atoms with Crippen molar-refractivity contribution in [3.63, 3.8) is 0 Å². The molecule has 0 unspecified atom stereocenters. The molecule has 0 aliphatic heterocycles.